The Morgan fingerprint density at radius 3 is 1.81 bits per heavy atom. The van der Waals surface area contributed by atoms with Gasteiger partial charge in [0, 0.05) is 55.3 Å². The molecule has 410 valence electrons. The minimum atomic E-state index is -2.99. The van der Waals surface area contributed by atoms with Crippen LogP contribution in [0.5, 0.6) is 11.5 Å². The number of aromatic nitrogens is 4. The van der Waals surface area contributed by atoms with Gasteiger partial charge < -0.3 is 13.9 Å². The molecule has 0 unspecified atom stereocenters. The van der Waals surface area contributed by atoms with E-state index in [0.717, 1.165) is 38.4 Å². The quantitative estimate of drug-likeness (QED) is 0.0499. The van der Waals surface area contributed by atoms with Gasteiger partial charge in [-0.3, -0.25) is 4.57 Å². The summed E-state index contributed by atoms with van der Waals surface area (Å²) in [6, 6.07) is 78.7. The van der Waals surface area contributed by atoms with Gasteiger partial charge in [0.05, 0.1) is 23.6 Å². The van der Waals surface area contributed by atoms with Gasteiger partial charge >= 0.3 is 0 Å². The van der Waals surface area contributed by atoms with E-state index in [0.29, 0.717) is 39.8 Å². The third kappa shape index (κ3) is 10.6. The third-order valence-corrected chi connectivity index (χ3v) is 19.5. The van der Waals surface area contributed by atoms with Crippen LogP contribution in [0.2, 0.25) is 0 Å². The number of benzene rings is 10. The van der Waals surface area contributed by atoms with Crippen LogP contribution in [0.1, 0.15) is 65.0 Å². The topological polar surface area (TPSA) is 35.9 Å². The zero-order chi connectivity index (χ0) is 63.9. The van der Waals surface area contributed by atoms with Crippen molar-refractivity contribution in [2.24, 2.45) is 10.8 Å². The van der Waals surface area contributed by atoms with Crippen molar-refractivity contribution < 1.29 is 42.7 Å². The Bertz CT molecular complexity index is 4840. The van der Waals surface area contributed by atoms with Gasteiger partial charge in [0.1, 0.15) is 5.82 Å². The van der Waals surface area contributed by atoms with Crippen molar-refractivity contribution in [3.05, 3.63) is 284 Å². The molecule has 0 N–H and O–H groups in total. The molecular weight excluding hydrogens is 1210 g/mol. The van der Waals surface area contributed by atoms with Crippen LogP contribution in [0.25, 0.3) is 72.3 Å². The Morgan fingerprint density at radius 1 is 0.530 bits per heavy atom. The first-order chi connectivity index (χ1) is 43.5. The van der Waals surface area contributed by atoms with Crippen molar-refractivity contribution in [2.45, 2.75) is 54.3 Å². The van der Waals surface area contributed by atoms with Crippen LogP contribution in [-0.4, -0.2) is 22.2 Å². The fraction of sp³-hybridized carbons (Fsp3) is 0.132. The zero-order valence-corrected chi connectivity index (χ0v) is 50.1. The second-order valence-corrected chi connectivity index (χ2v) is 26.5. The molecule has 0 bridgehead atoms. The predicted molar refractivity (Wildman–Crippen MR) is 341 cm³/mol. The summed E-state index contributed by atoms with van der Waals surface area (Å²) in [4.78, 5) is 4.89. The molecule has 0 aliphatic heterocycles. The standard InChI is InChI=1S/C76H64N4OSi.Pt/c1-75(2,3)50-56-29-24-40-65(55-28-23-38-64(46-55)82(61-32-13-8-14-33-61,62-34-15-9-16-35-62)63-36-17-10-18-37-63)74(56)79-53-78(70-42-21-22-43-71(70)79)58-30-25-31-59(48-58)81-60-44-45-67-66-39-19-20-41-69(66)80(72(67)49-60)73-47-57(51-76(4,5)6)68(52-77-73)54-26-11-7-12-27-54;/h7-47,52H,50-51H2,1-6H3;/q-2;/i7D,11D,12D,26D,27D,50D2,51D2;. The van der Waals surface area contributed by atoms with Crippen LogP contribution in [0.4, 0.5) is 0 Å². The molecule has 10 aromatic carbocycles. The average molecular weight is 1280 g/mol. The van der Waals surface area contributed by atoms with Gasteiger partial charge in [-0.1, -0.05) is 253 Å². The Kier molecular flexibility index (Phi) is 12.2. The monoisotopic (exact) mass is 1280 g/mol. The van der Waals surface area contributed by atoms with Crippen molar-refractivity contribution >= 4 is 61.7 Å². The summed E-state index contributed by atoms with van der Waals surface area (Å²) in [5.41, 5.74) is 4.70. The molecule has 7 heteroatoms. The molecule has 5 nitrogen and oxygen atoms in total. The first-order valence-electron chi connectivity index (χ1n) is 32.1. The van der Waals surface area contributed by atoms with Gasteiger partial charge in [0.25, 0.3) is 6.33 Å². The minimum absolute atomic E-state index is 0. The van der Waals surface area contributed by atoms with E-state index >= 15 is 0 Å². The minimum Gasteiger partial charge on any atom is -0.510 e. The molecular formula is C76H64N4OPtSi-2. The maximum Gasteiger partial charge on any atom is 0.268 e. The number of nitrogens with zero attached hydrogens (tertiary/aromatic N) is 4. The Labute approximate surface area is 516 Å². The molecule has 83 heavy (non-hydrogen) atoms. The largest absolute Gasteiger partial charge is 0.510 e. The maximum absolute atomic E-state index is 10.00. The van der Waals surface area contributed by atoms with E-state index in [1.54, 1.807) is 26.8 Å². The molecule has 0 amide bonds. The number of para-hydroxylation sites is 4. The molecule has 0 aliphatic carbocycles. The molecule has 13 rings (SSSR count). The van der Waals surface area contributed by atoms with Crippen LogP contribution < -0.4 is 30.1 Å². The number of hydrogen-bond acceptors (Lipinski definition) is 2. The summed E-state index contributed by atoms with van der Waals surface area (Å²) in [7, 11) is -2.99. The van der Waals surface area contributed by atoms with Crippen molar-refractivity contribution in [3.8, 4) is 50.9 Å². The molecule has 3 aromatic heterocycles. The van der Waals surface area contributed by atoms with Gasteiger partial charge in [0.15, 0.2) is 8.07 Å². The third-order valence-electron chi connectivity index (χ3n) is 14.7. The second kappa shape index (κ2) is 22.6. The summed E-state index contributed by atoms with van der Waals surface area (Å²) >= 11 is 0. The van der Waals surface area contributed by atoms with E-state index in [4.69, 9.17) is 16.6 Å². The number of pyridine rings is 1. The maximum atomic E-state index is 10.00. The fourth-order valence-corrected chi connectivity index (χ4v) is 16.3. The molecule has 0 radical (unpaired) electrons. The van der Waals surface area contributed by atoms with E-state index in [-0.39, 0.29) is 37.8 Å². The van der Waals surface area contributed by atoms with Crippen LogP contribution in [0, 0.1) is 29.3 Å². The van der Waals surface area contributed by atoms with Crippen molar-refractivity contribution in [1.82, 2.24) is 14.1 Å². The Balaban J connectivity index is 0.00000816. The number of rotatable bonds is 13. The molecule has 13 aromatic rings. The molecule has 0 atom stereocenters. The van der Waals surface area contributed by atoms with E-state index in [2.05, 4.69) is 140 Å². The number of fused-ring (bicyclic) bond motifs is 4. The predicted octanol–water partition coefficient (Wildman–Crippen LogP) is 15.5. The average Bonchev–Trinajstić information content (AvgIpc) is 1.56. The van der Waals surface area contributed by atoms with Crippen LogP contribution in [0.15, 0.2) is 255 Å². The van der Waals surface area contributed by atoms with Gasteiger partial charge in [-0.05, 0) is 95.3 Å². The molecule has 0 fully saturated rings. The van der Waals surface area contributed by atoms with Crippen LogP contribution >= 0.6 is 0 Å². The van der Waals surface area contributed by atoms with E-state index in [9.17, 15) is 5.48 Å². The molecule has 0 saturated heterocycles. The zero-order valence-electron chi connectivity index (χ0n) is 55.9. The summed E-state index contributed by atoms with van der Waals surface area (Å²) in [6.07, 6.45) is 1.20. The number of ether oxygens (including phenoxy) is 1. The van der Waals surface area contributed by atoms with Crippen molar-refractivity contribution in [3.63, 3.8) is 0 Å². The smallest absolute Gasteiger partial charge is 0.268 e. The summed E-state index contributed by atoms with van der Waals surface area (Å²) in [5.74, 6) is 1.05. The first kappa shape index (κ1) is 44.9. The van der Waals surface area contributed by atoms with E-state index in [1.807, 2.05) is 125 Å². The van der Waals surface area contributed by atoms with Crippen molar-refractivity contribution in [1.29, 1.82) is 0 Å². The Hall–Kier alpha value is -8.67. The SMILES string of the molecule is [2H]c1c([2H])c([2H])c(-c2cnc(-n3c4[c-]c(Oc5[c-]c(-n6[c-][n+](-c7c(-c8cccc([Si](c9ccccc9)(c9ccccc9)c9ccccc9)c8)cccc7C([2H])([2H])C(C)(C)C)c7ccccc76)ccc5)ccc4c4ccccc43)cc2C([2H])([2H])C(C)(C)C)c([2H])c1[2H].[Pt]. The molecule has 0 spiro atoms. The second-order valence-electron chi connectivity index (χ2n) is 22.7. The fourth-order valence-electron chi connectivity index (χ4n) is 11.5. The van der Waals surface area contributed by atoms with E-state index < -0.39 is 61.9 Å². The molecule has 3 heterocycles. The summed E-state index contributed by atoms with van der Waals surface area (Å²) in [6.45, 7) is 11.1. The van der Waals surface area contributed by atoms with Gasteiger partial charge in [-0.25, -0.2) is 4.98 Å². The van der Waals surface area contributed by atoms with Crippen LogP contribution in [-0.2, 0) is 33.8 Å². The normalized spacial score (nSPS) is 13.9. The van der Waals surface area contributed by atoms with Crippen molar-refractivity contribution in [2.75, 3.05) is 0 Å². The van der Waals surface area contributed by atoms with E-state index in [1.165, 1.54) is 26.9 Å². The number of hydrogen-bond donors (Lipinski definition) is 0. The summed E-state index contributed by atoms with van der Waals surface area (Å²) < 4.78 is 94.8. The molecule has 0 aliphatic rings. The van der Waals surface area contributed by atoms with Crippen LogP contribution in [0.3, 0.4) is 0 Å². The summed E-state index contributed by atoms with van der Waals surface area (Å²) in [5, 5.41) is 6.61. The Morgan fingerprint density at radius 2 is 1.12 bits per heavy atom. The van der Waals surface area contributed by atoms with Gasteiger partial charge in [-0.2, -0.15) is 18.2 Å². The molecule has 0 saturated carbocycles. The van der Waals surface area contributed by atoms with Gasteiger partial charge in [-0.15, -0.1) is 29.7 Å². The van der Waals surface area contributed by atoms with Gasteiger partial charge in [0.2, 0.25) is 0 Å². The number of imidazole rings is 1. The first-order valence-corrected chi connectivity index (χ1v) is 29.6.